The summed E-state index contributed by atoms with van der Waals surface area (Å²) in [7, 11) is 1.57. The van der Waals surface area contributed by atoms with Crippen molar-refractivity contribution in [2.45, 2.75) is 26.8 Å². The second-order valence-corrected chi connectivity index (χ2v) is 8.27. The molecule has 0 saturated carbocycles. The van der Waals surface area contributed by atoms with Crippen LogP contribution in [0.5, 0.6) is 5.75 Å². The number of halogens is 1. The predicted molar refractivity (Wildman–Crippen MR) is 136 cm³/mol. The number of aliphatic hydroxyl groups excluding tert-OH is 1. The lowest BCUT2D eigenvalue weighted by Crippen LogP contribution is -2.27. The van der Waals surface area contributed by atoms with Crippen LogP contribution in [-0.4, -0.2) is 51.9 Å². The molecule has 3 rings (SSSR count). The Labute approximate surface area is 208 Å². The average molecular weight is 498 g/mol. The molecule has 0 fully saturated rings. The maximum Gasteiger partial charge on any atom is 0.269 e. The van der Waals surface area contributed by atoms with Gasteiger partial charge in [-0.1, -0.05) is 17.7 Å². The topological polar surface area (TPSA) is 159 Å². The van der Waals surface area contributed by atoms with Crippen molar-refractivity contribution in [1.29, 1.82) is 5.41 Å². The monoisotopic (exact) mass is 497 g/mol. The number of methoxy groups -OCH3 is 1. The molecule has 10 nitrogen and oxygen atoms in total. The quantitative estimate of drug-likeness (QED) is 0.281. The van der Waals surface area contributed by atoms with Gasteiger partial charge >= 0.3 is 0 Å². The molecular formula is C24H28ClN7O3. The predicted octanol–water partition coefficient (Wildman–Crippen LogP) is 3.37. The molecule has 184 valence electrons. The number of nitrogens with two attached hydrogens (primary N) is 1. The van der Waals surface area contributed by atoms with Crippen LogP contribution in [0.1, 0.15) is 47.1 Å². The Balaban J connectivity index is 2.04. The van der Waals surface area contributed by atoms with E-state index < -0.39 is 0 Å². The first kappa shape index (κ1) is 25.9. The van der Waals surface area contributed by atoms with E-state index in [4.69, 9.17) is 32.6 Å². The molecule has 0 bridgehead atoms. The van der Waals surface area contributed by atoms with Gasteiger partial charge in [0.1, 0.15) is 29.4 Å². The third-order valence-electron chi connectivity index (χ3n) is 5.46. The zero-order valence-electron chi connectivity index (χ0n) is 19.9. The summed E-state index contributed by atoms with van der Waals surface area (Å²) in [5.74, 6) is 0.852. The molecule has 2 heterocycles. The van der Waals surface area contributed by atoms with Gasteiger partial charge in [-0.2, -0.15) is 0 Å². The number of carbonyl (C=O) groups excluding carboxylic acids is 1. The molecular weight excluding hydrogens is 470 g/mol. The van der Waals surface area contributed by atoms with Crippen LogP contribution in [0.2, 0.25) is 5.02 Å². The first-order valence-electron chi connectivity index (χ1n) is 10.8. The van der Waals surface area contributed by atoms with Crippen molar-refractivity contribution >= 4 is 34.9 Å². The van der Waals surface area contributed by atoms with E-state index in [2.05, 4.69) is 25.6 Å². The number of hydrogen-bond donors (Lipinski definition) is 5. The van der Waals surface area contributed by atoms with Crippen LogP contribution in [0.15, 0.2) is 30.7 Å². The van der Waals surface area contributed by atoms with Gasteiger partial charge < -0.3 is 31.6 Å². The summed E-state index contributed by atoms with van der Waals surface area (Å²) in [5.41, 5.74) is 9.87. The number of nitrogens with zero attached hydrogens (tertiary/aromatic N) is 3. The minimum Gasteiger partial charge on any atom is -0.496 e. The zero-order chi connectivity index (χ0) is 25.7. The molecule has 1 amide bonds. The van der Waals surface area contributed by atoms with E-state index in [-0.39, 0.29) is 42.3 Å². The minimum absolute atomic E-state index is 0.148. The lowest BCUT2D eigenvalue weighted by atomic mass is 9.94. The lowest BCUT2D eigenvalue weighted by Gasteiger charge is -2.23. The van der Waals surface area contributed by atoms with E-state index in [1.807, 2.05) is 19.9 Å². The minimum atomic E-state index is -0.375. The summed E-state index contributed by atoms with van der Waals surface area (Å²) in [4.78, 5) is 24.7. The fourth-order valence-corrected chi connectivity index (χ4v) is 3.94. The summed E-state index contributed by atoms with van der Waals surface area (Å²) in [6.07, 6.45) is 2.92. The van der Waals surface area contributed by atoms with Gasteiger partial charge in [0.05, 0.1) is 25.3 Å². The van der Waals surface area contributed by atoms with Gasteiger partial charge in [-0.15, -0.1) is 0 Å². The standard InChI is InChI=1S/C24H28ClN7O3/c1-12-17(25)9-16(14(3)32-23-20(13(2)26)22(27)30-11-31-23)21(35-4)19(12)15-5-6-18(29-10-15)24(34)28-7-8-33/h5-6,9-11,14,26,33H,7-8H2,1-4H3,(H,28,34)(H3,27,30,31,32). The Morgan fingerprint density at radius 2 is 2.06 bits per heavy atom. The van der Waals surface area contributed by atoms with Gasteiger partial charge in [0, 0.05) is 40.2 Å². The largest absolute Gasteiger partial charge is 0.496 e. The van der Waals surface area contributed by atoms with Crippen molar-refractivity contribution in [1.82, 2.24) is 20.3 Å². The molecule has 35 heavy (non-hydrogen) atoms. The maximum absolute atomic E-state index is 12.1. The molecule has 0 aliphatic heterocycles. The van der Waals surface area contributed by atoms with Crippen molar-refractivity contribution < 1.29 is 14.6 Å². The van der Waals surface area contributed by atoms with Crippen LogP contribution < -0.4 is 21.1 Å². The third kappa shape index (κ3) is 5.50. The van der Waals surface area contributed by atoms with Crippen LogP contribution in [0, 0.1) is 12.3 Å². The number of carbonyl (C=O) groups is 1. The second-order valence-electron chi connectivity index (χ2n) is 7.87. The molecule has 0 radical (unpaired) electrons. The van der Waals surface area contributed by atoms with Gasteiger partial charge in [-0.05, 0) is 38.5 Å². The second kappa shape index (κ2) is 11.1. The first-order valence-corrected chi connectivity index (χ1v) is 11.2. The number of aliphatic hydroxyl groups is 1. The molecule has 0 aliphatic carbocycles. The van der Waals surface area contributed by atoms with E-state index in [0.29, 0.717) is 22.2 Å². The molecule has 1 atom stereocenters. The van der Waals surface area contributed by atoms with Crippen LogP contribution in [-0.2, 0) is 0 Å². The number of pyridine rings is 1. The van der Waals surface area contributed by atoms with Crippen molar-refractivity contribution in [2.24, 2.45) is 0 Å². The van der Waals surface area contributed by atoms with Crippen LogP contribution in [0.3, 0.4) is 0 Å². The molecule has 0 aliphatic rings. The third-order valence-corrected chi connectivity index (χ3v) is 5.85. The van der Waals surface area contributed by atoms with Crippen molar-refractivity contribution in [3.63, 3.8) is 0 Å². The molecule has 2 aromatic heterocycles. The van der Waals surface area contributed by atoms with Gasteiger partial charge in [-0.3, -0.25) is 9.78 Å². The van der Waals surface area contributed by atoms with Gasteiger partial charge in [0.2, 0.25) is 0 Å². The molecule has 1 unspecified atom stereocenters. The highest BCUT2D eigenvalue weighted by atomic mass is 35.5. The Kier molecular flexibility index (Phi) is 8.21. The summed E-state index contributed by atoms with van der Waals surface area (Å²) in [5, 5.41) is 23.3. The Bertz CT molecular complexity index is 1250. The van der Waals surface area contributed by atoms with Gasteiger partial charge in [0.15, 0.2) is 0 Å². The number of hydrogen-bond acceptors (Lipinski definition) is 9. The summed E-state index contributed by atoms with van der Waals surface area (Å²) < 4.78 is 5.82. The van der Waals surface area contributed by atoms with Crippen LogP contribution in [0.4, 0.5) is 11.6 Å². The van der Waals surface area contributed by atoms with Crippen LogP contribution in [0.25, 0.3) is 11.1 Å². The van der Waals surface area contributed by atoms with Crippen LogP contribution >= 0.6 is 11.6 Å². The maximum atomic E-state index is 12.1. The summed E-state index contributed by atoms with van der Waals surface area (Å²) in [6.45, 7) is 5.41. The van der Waals surface area contributed by atoms with Gasteiger partial charge in [0.25, 0.3) is 5.91 Å². The number of aromatic nitrogens is 3. The molecule has 6 N–H and O–H groups in total. The van der Waals surface area contributed by atoms with Crippen molar-refractivity contribution in [2.75, 3.05) is 31.3 Å². The van der Waals surface area contributed by atoms with Gasteiger partial charge in [-0.25, -0.2) is 9.97 Å². The number of rotatable bonds is 9. The van der Waals surface area contributed by atoms with E-state index in [0.717, 1.165) is 22.3 Å². The number of anilines is 2. The SMILES string of the molecule is COc1c(C(C)Nc2ncnc(N)c2C(C)=N)cc(Cl)c(C)c1-c1ccc(C(=O)NCCO)nc1. The Hall–Kier alpha value is -3.76. The highest BCUT2D eigenvalue weighted by Crippen LogP contribution is 2.42. The fourth-order valence-electron chi connectivity index (χ4n) is 3.73. The smallest absolute Gasteiger partial charge is 0.269 e. The zero-order valence-corrected chi connectivity index (χ0v) is 20.7. The molecule has 0 spiro atoms. The molecule has 3 aromatic rings. The highest BCUT2D eigenvalue weighted by molar-refractivity contribution is 6.32. The Morgan fingerprint density at radius 3 is 2.66 bits per heavy atom. The van der Waals surface area contributed by atoms with E-state index >= 15 is 0 Å². The van der Waals surface area contributed by atoms with E-state index in [9.17, 15) is 4.79 Å². The lowest BCUT2D eigenvalue weighted by molar-refractivity contribution is 0.0940. The van der Waals surface area contributed by atoms with Crippen molar-refractivity contribution in [3.05, 3.63) is 58.1 Å². The number of nitrogens with one attached hydrogen (secondary N) is 3. The number of amides is 1. The first-order chi connectivity index (χ1) is 16.7. The van der Waals surface area contributed by atoms with E-state index in [1.54, 1.807) is 32.4 Å². The molecule has 11 heteroatoms. The highest BCUT2D eigenvalue weighted by Gasteiger charge is 2.23. The fraction of sp³-hybridized carbons (Fsp3) is 0.292. The number of benzene rings is 1. The normalized spacial score (nSPS) is 11.6. The molecule has 1 aromatic carbocycles. The number of ether oxygens (including phenoxy) is 1. The average Bonchev–Trinajstić information content (AvgIpc) is 2.83. The summed E-state index contributed by atoms with van der Waals surface area (Å²) in [6, 6.07) is 4.87. The molecule has 0 saturated heterocycles. The Morgan fingerprint density at radius 1 is 1.31 bits per heavy atom. The number of nitrogen functional groups attached to an aromatic ring is 1. The van der Waals surface area contributed by atoms with E-state index in [1.165, 1.54) is 6.33 Å². The van der Waals surface area contributed by atoms with Crippen molar-refractivity contribution in [3.8, 4) is 16.9 Å². The summed E-state index contributed by atoms with van der Waals surface area (Å²) >= 11 is 6.62.